The molecule has 0 spiro atoms. The van der Waals surface area contributed by atoms with Gasteiger partial charge in [-0.15, -0.1) is 0 Å². The van der Waals surface area contributed by atoms with E-state index in [0.29, 0.717) is 6.61 Å². The number of carbonyl (C=O) groups excluding carboxylic acids is 1. The van der Waals surface area contributed by atoms with Gasteiger partial charge in [0, 0.05) is 0 Å². The van der Waals surface area contributed by atoms with Gasteiger partial charge in [0.25, 0.3) is 0 Å². The Labute approximate surface area is 231 Å². The molecule has 2 aromatic rings. The Morgan fingerprint density at radius 2 is 1.34 bits per heavy atom. The maximum absolute atomic E-state index is 13.4. The number of rotatable bonds is 15. The number of hydrogen-bond acceptors (Lipinski definition) is 7. The lowest BCUT2D eigenvalue weighted by Gasteiger charge is -2.25. The van der Waals surface area contributed by atoms with Crippen LogP contribution in [0.15, 0.2) is 36.4 Å². The fourth-order valence-corrected chi connectivity index (χ4v) is 3.34. The molecule has 0 N–H and O–H groups in total. The molecule has 0 heterocycles. The molecule has 41 heavy (non-hydrogen) atoms. The molecule has 0 unspecified atom stereocenters. The number of ether oxygens (including phenoxy) is 4. The predicted octanol–water partition coefficient (Wildman–Crippen LogP) is 7.53. The molecule has 222 valence electrons. The smallest absolute Gasteiger partial charge is 0.483 e. The van der Waals surface area contributed by atoms with Crippen molar-refractivity contribution in [2.75, 3.05) is 13.2 Å². The second-order valence-electron chi connectivity index (χ2n) is 8.61. The summed E-state index contributed by atoms with van der Waals surface area (Å²) in [6.07, 6.45) is -11.4. The lowest BCUT2D eigenvalue weighted by Crippen LogP contribution is -2.46. The van der Waals surface area contributed by atoms with Crippen LogP contribution in [0.4, 0.5) is 30.7 Å². The van der Waals surface area contributed by atoms with Crippen molar-refractivity contribution in [1.29, 1.82) is 10.5 Å². The summed E-state index contributed by atoms with van der Waals surface area (Å²) in [5.41, 5.74) is -0.555. The highest BCUT2D eigenvalue weighted by molar-refractivity contribution is 5.91. The van der Waals surface area contributed by atoms with Gasteiger partial charge in [-0.25, -0.2) is 9.53 Å². The molecule has 0 saturated carbocycles. The van der Waals surface area contributed by atoms with Gasteiger partial charge in [0.05, 0.1) is 12.2 Å². The van der Waals surface area contributed by atoms with Crippen LogP contribution >= 0.6 is 0 Å². The third-order valence-corrected chi connectivity index (χ3v) is 5.42. The largest absolute Gasteiger partial charge is 0.492 e. The molecular weight excluding hydrogens is 565 g/mol. The number of unbranched alkanes of at least 4 members (excludes halogenated alkanes) is 5. The van der Waals surface area contributed by atoms with E-state index in [4.69, 9.17) is 9.47 Å². The van der Waals surface area contributed by atoms with E-state index in [-0.39, 0.29) is 28.2 Å². The highest BCUT2D eigenvalue weighted by Gasteiger charge is 2.64. The summed E-state index contributed by atoms with van der Waals surface area (Å²) < 4.78 is 107. The Hall–Kier alpha value is -4.04. The first-order valence-electron chi connectivity index (χ1n) is 12.3. The highest BCUT2D eigenvalue weighted by atomic mass is 19.4. The van der Waals surface area contributed by atoms with Crippen molar-refractivity contribution in [3.63, 3.8) is 0 Å². The highest BCUT2D eigenvalue weighted by Crippen LogP contribution is 2.40. The molecule has 0 aromatic heterocycles. The summed E-state index contributed by atoms with van der Waals surface area (Å²) in [5.74, 6) is -1.54. The third kappa shape index (κ3) is 9.83. The lowest BCUT2D eigenvalue weighted by atomic mass is 10.1. The van der Waals surface area contributed by atoms with E-state index in [2.05, 4.69) is 16.4 Å². The zero-order valence-electron chi connectivity index (χ0n) is 21.7. The molecule has 0 aliphatic rings. The monoisotopic (exact) mass is 590 g/mol. The second-order valence-corrected chi connectivity index (χ2v) is 8.61. The maximum atomic E-state index is 13.4. The molecule has 0 atom stereocenters. The van der Waals surface area contributed by atoms with Crippen molar-refractivity contribution in [2.45, 2.75) is 63.8 Å². The van der Waals surface area contributed by atoms with Crippen LogP contribution in [0.5, 0.6) is 17.2 Å². The topological polar surface area (TPSA) is 102 Å². The molecule has 2 aromatic carbocycles. The van der Waals surface area contributed by atoms with Gasteiger partial charge < -0.3 is 14.2 Å². The minimum absolute atomic E-state index is 0.133. The fourth-order valence-electron chi connectivity index (χ4n) is 3.34. The number of esters is 1. The van der Waals surface area contributed by atoms with Crippen LogP contribution in [0, 0.1) is 22.7 Å². The molecular formula is C27H25F7N2O5. The van der Waals surface area contributed by atoms with E-state index in [1.165, 1.54) is 12.1 Å². The Bertz CT molecular complexity index is 1250. The number of carbonyl (C=O) groups is 1. The first kappa shape index (κ1) is 33.2. The van der Waals surface area contributed by atoms with E-state index in [9.17, 15) is 46.1 Å². The summed E-state index contributed by atoms with van der Waals surface area (Å²) in [7, 11) is 0. The van der Waals surface area contributed by atoms with E-state index in [1.54, 1.807) is 6.07 Å². The number of hydrogen-bond donors (Lipinski definition) is 0. The molecule has 0 aliphatic heterocycles. The molecule has 0 amide bonds. The standard InChI is InChI=1S/C27H25F7N2O5/c1-2-3-4-5-6-7-14-38-22-12-13-23(21(16-36)20(22)15-35)40-24(37)18-8-10-19(11-9-18)39-17-25(28,29)41-27(33,34)26(30,31)32/h8-13H,2-7,14,17H2,1H3. The molecule has 2 rings (SSSR count). The van der Waals surface area contributed by atoms with Gasteiger partial charge in [-0.05, 0) is 42.8 Å². The van der Waals surface area contributed by atoms with Crippen LogP contribution in [0.1, 0.15) is 66.9 Å². The molecule has 0 aliphatic carbocycles. The van der Waals surface area contributed by atoms with E-state index in [0.717, 1.165) is 62.8 Å². The van der Waals surface area contributed by atoms with Crippen molar-refractivity contribution >= 4 is 5.97 Å². The molecule has 0 fully saturated rings. The van der Waals surface area contributed by atoms with Crippen molar-refractivity contribution in [3.8, 4) is 29.4 Å². The number of nitrogens with zero attached hydrogens (tertiary/aromatic N) is 2. The van der Waals surface area contributed by atoms with Crippen LogP contribution in [0.25, 0.3) is 0 Å². The van der Waals surface area contributed by atoms with Gasteiger partial charge >= 0.3 is 24.4 Å². The first-order valence-corrected chi connectivity index (χ1v) is 12.3. The average Bonchev–Trinajstić information content (AvgIpc) is 2.90. The summed E-state index contributed by atoms with van der Waals surface area (Å²) in [5, 5.41) is 19.1. The minimum Gasteiger partial charge on any atom is -0.492 e. The number of nitriles is 2. The van der Waals surface area contributed by atoms with Crippen LogP contribution in [-0.2, 0) is 4.74 Å². The second kappa shape index (κ2) is 14.6. The van der Waals surface area contributed by atoms with Crippen LogP contribution in [0.3, 0.4) is 0 Å². The van der Waals surface area contributed by atoms with Gasteiger partial charge in [-0.2, -0.15) is 41.3 Å². The Morgan fingerprint density at radius 1 is 0.780 bits per heavy atom. The quantitative estimate of drug-likeness (QED) is 0.0915. The van der Waals surface area contributed by atoms with Crippen molar-refractivity contribution in [2.24, 2.45) is 0 Å². The zero-order chi connectivity index (χ0) is 30.7. The van der Waals surface area contributed by atoms with Crippen molar-refractivity contribution in [3.05, 3.63) is 53.1 Å². The van der Waals surface area contributed by atoms with Crippen LogP contribution in [-0.4, -0.2) is 37.6 Å². The van der Waals surface area contributed by atoms with Gasteiger partial charge in [0.15, 0.2) is 12.4 Å². The Kier molecular flexibility index (Phi) is 11.8. The van der Waals surface area contributed by atoms with Gasteiger partial charge in [-0.3, -0.25) is 0 Å². The predicted molar refractivity (Wildman–Crippen MR) is 129 cm³/mol. The van der Waals surface area contributed by atoms with Crippen LogP contribution in [0.2, 0.25) is 0 Å². The number of alkyl halides is 7. The molecule has 0 bridgehead atoms. The van der Waals surface area contributed by atoms with Crippen LogP contribution < -0.4 is 14.2 Å². The van der Waals surface area contributed by atoms with Crippen molar-refractivity contribution in [1.82, 2.24) is 0 Å². The average molecular weight is 590 g/mol. The van der Waals surface area contributed by atoms with E-state index >= 15 is 0 Å². The summed E-state index contributed by atoms with van der Waals surface area (Å²) in [6, 6.07) is 10.2. The third-order valence-electron chi connectivity index (χ3n) is 5.42. The van der Waals surface area contributed by atoms with Gasteiger partial charge in [-0.1, -0.05) is 39.0 Å². The Morgan fingerprint density at radius 3 is 1.93 bits per heavy atom. The molecule has 0 radical (unpaired) electrons. The first-order chi connectivity index (χ1) is 19.2. The normalized spacial score (nSPS) is 11.9. The maximum Gasteiger partial charge on any atom is 0.483 e. The lowest BCUT2D eigenvalue weighted by molar-refractivity contribution is -0.458. The van der Waals surface area contributed by atoms with E-state index < -0.39 is 36.7 Å². The SMILES string of the molecule is CCCCCCCCOc1ccc(OC(=O)c2ccc(OCC(F)(F)OC(F)(F)C(F)(F)F)cc2)c(C#N)c1C#N. The summed E-state index contributed by atoms with van der Waals surface area (Å²) in [6.45, 7) is 0.445. The molecule has 0 saturated heterocycles. The summed E-state index contributed by atoms with van der Waals surface area (Å²) in [4.78, 5) is 12.5. The minimum atomic E-state index is -6.36. The summed E-state index contributed by atoms with van der Waals surface area (Å²) >= 11 is 0. The molecule has 7 nitrogen and oxygen atoms in total. The Balaban J connectivity index is 2.01. The number of benzene rings is 2. The van der Waals surface area contributed by atoms with Gasteiger partial charge in [0.2, 0.25) is 0 Å². The van der Waals surface area contributed by atoms with E-state index in [1.807, 2.05) is 6.07 Å². The fraction of sp³-hybridized carbons (Fsp3) is 0.444. The zero-order valence-corrected chi connectivity index (χ0v) is 21.7. The van der Waals surface area contributed by atoms with Gasteiger partial charge in [0.1, 0.15) is 34.8 Å². The number of halogens is 7. The molecule has 14 heteroatoms. The van der Waals surface area contributed by atoms with Crippen molar-refractivity contribution < 1.29 is 54.5 Å².